The number of nitrogens with one attached hydrogen (secondary N) is 1. The maximum atomic E-state index is 12.5. The highest BCUT2D eigenvalue weighted by Crippen LogP contribution is 2.42. The van der Waals surface area contributed by atoms with E-state index in [1.807, 2.05) is 4.72 Å². The molecule has 0 aliphatic heterocycles. The van der Waals surface area contributed by atoms with Gasteiger partial charge in [0.25, 0.3) is 5.92 Å². The molecule has 0 heterocycles. The van der Waals surface area contributed by atoms with Crippen molar-refractivity contribution in [3.8, 4) is 0 Å². The molecule has 1 saturated carbocycles. The van der Waals surface area contributed by atoms with Crippen LogP contribution in [0.3, 0.4) is 0 Å². The standard InChI is InChI=1S/C7H13F2NO3S/c1-6(2-3-6)14(12,13)10-4-7(8,9)5-11/h10-11H,2-5H2,1H3. The fraction of sp³-hybridized carbons (Fsp3) is 1.00. The molecule has 1 fully saturated rings. The van der Waals surface area contributed by atoms with Crippen molar-refractivity contribution >= 4 is 10.0 Å². The summed E-state index contributed by atoms with van der Waals surface area (Å²) in [7, 11) is -3.67. The number of alkyl halides is 2. The van der Waals surface area contributed by atoms with E-state index in [1.54, 1.807) is 0 Å². The lowest BCUT2D eigenvalue weighted by atomic mass is 10.4. The molecule has 2 N–H and O–H groups in total. The first-order valence-corrected chi connectivity index (χ1v) is 5.69. The minimum atomic E-state index is -3.67. The van der Waals surface area contributed by atoms with Gasteiger partial charge in [-0.2, -0.15) is 0 Å². The topological polar surface area (TPSA) is 66.4 Å². The van der Waals surface area contributed by atoms with Crippen molar-refractivity contribution in [2.75, 3.05) is 13.2 Å². The van der Waals surface area contributed by atoms with Crippen LogP contribution in [-0.4, -0.2) is 37.3 Å². The fourth-order valence-corrected chi connectivity index (χ4v) is 2.26. The van der Waals surface area contributed by atoms with Crippen molar-refractivity contribution in [3.63, 3.8) is 0 Å². The van der Waals surface area contributed by atoms with Gasteiger partial charge >= 0.3 is 0 Å². The van der Waals surface area contributed by atoms with Gasteiger partial charge in [-0.1, -0.05) is 0 Å². The first-order chi connectivity index (χ1) is 6.22. The molecule has 7 heteroatoms. The zero-order valence-electron chi connectivity index (χ0n) is 7.76. The lowest BCUT2D eigenvalue weighted by Gasteiger charge is -2.16. The Labute approximate surface area is 81.4 Å². The summed E-state index contributed by atoms with van der Waals surface area (Å²) in [5.41, 5.74) is 0. The molecule has 14 heavy (non-hydrogen) atoms. The Morgan fingerprint density at radius 1 is 1.50 bits per heavy atom. The van der Waals surface area contributed by atoms with Gasteiger partial charge in [0.2, 0.25) is 10.0 Å². The Bertz CT molecular complexity index is 311. The summed E-state index contributed by atoms with van der Waals surface area (Å²) >= 11 is 0. The van der Waals surface area contributed by atoms with E-state index in [1.165, 1.54) is 6.92 Å². The molecule has 0 amide bonds. The zero-order chi connectivity index (χ0) is 11.0. The molecule has 0 aromatic heterocycles. The number of rotatable bonds is 5. The van der Waals surface area contributed by atoms with E-state index in [0.29, 0.717) is 12.8 Å². The summed E-state index contributed by atoms with van der Waals surface area (Å²) in [6, 6.07) is 0. The number of aliphatic hydroxyl groups is 1. The van der Waals surface area contributed by atoms with E-state index in [9.17, 15) is 17.2 Å². The van der Waals surface area contributed by atoms with Gasteiger partial charge in [-0.25, -0.2) is 21.9 Å². The maximum absolute atomic E-state index is 12.5. The van der Waals surface area contributed by atoms with Crippen LogP contribution in [0.1, 0.15) is 19.8 Å². The Kier molecular flexibility index (Phi) is 2.86. The van der Waals surface area contributed by atoms with Gasteiger partial charge < -0.3 is 5.11 Å². The van der Waals surface area contributed by atoms with Crippen molar-refractivity contribution in [2.24, 2.45) is 0 Å². The minimum absolute atomic E-state index is 0.493. The molecule has 0 saturated heterocycles. The number of halogens is 2. The molecule has 1 rings (SSSR count). The monoisotopic (exact) mass is 229 g/mol. The van der Waals surface area contributed by atoms with E-state index in [0.717, 1.165) is 0 Å². The second-order valence-electron chi connectivity index (χ2n) is 3.79. The Morgan fingerprint density at radius 2 is 2.00 bits per heavy atom. The minimum Gasteiger partial charge on any atom is -0.390 e. The van der Waals surface area contributed by atoms with Gasteiger partial charge in [0, 0.05) is 0 Å². The molecule has 0 unspecified atom stereocenters. The summed E-state index contributed by atoms with van der Waals surface area (Å²) in [5, 5.41) is 8.22. The zero-order valence-corrected chi connectivity index (χ0v) is 8.57. The molecule has 0 aromatic carbocycles. The first-order valence-electron chi connectivity index (χ1n) is 4.20. The maximum Gasteiger partial charge on any atom is 0.283 e. The van der Waals surface area contributed by atoms with E-state index in [4.69, 9.17) is 5.11 Å². The van der Waals surface area contributed by atoms with Crippen molar-refractivity contribution in [3.05, 3.63) is 0 Å². The highest BCUT2D eigenvalue weighted by molar-refractivity contribution is 7.91. The quantitative estimate of drug-likeness (QED) is 0.702. The van der Waals surface area contributed by atoms with Crippen LogP contribution < -0.4 is 4.72 Å². The highest BCUT2D eigenvalue weighted by atomic mass is 32.2. The Morgan fingerprint density at radius 3 is 2.36 bits per heavy atom. The van der Waals surface area contributed by atoms with Crippen LogP contribution in [0.4, 0.5) is 8.78 Å². The number of hydrogen-bond donors (Lipinski definition) is 2. The van der Waals surface area contributed by atoms with Gasteiger partial charge in [-0.3, -0.25) is 0 Å². The van der Waals surface area contributed by atoms with Crippen LogP contribution in [-0.2, 0) is 10.0 Å². The van der Waals surface area contributed by atoms with Crippen LogP contribution in [0.25, 0.3) is 0 Å². The van der Waals surface area contributed by atoms with Gasteiger partial charge in [0.1, 0.15) is 6.61 Å². The Hall–Kier alpha value is -0.270. The molecule has 1 aliphatic carbocycles. The van der Waals surface area contributed by atoms with E-state index >= 15 is 0 Å². The first kappa shape index (κ1) is 11.8. The summed E-state index contributed by atoms with van der Waals surface area (Å²) in [6.07, 6.45) is 0.986. The summed E-state index contributed by atoms with van der Waals surface area (Å²) in [4.78, 5) is 0. The van der Waals surface area contributed by atoms with E-state index in [2.05, 4.69) is 0 Å². The van der Waals surface area contributed by atoms with E-state index < -0.39 is 33.8 Å². The van der Waals surface area contributed by atoms with Crippen LogP contribution in [0, 0.1) is 0 Å². The molecule has 0 atom stereocenters. The Balaban J connectivity index is 2.54. The van der Waals surface area contributed by atoms with Crippen molar-refractivity contribution in [2.45, 2.75) is 30.4 Å². The molecule has 1 aliphatic rings. The normalized spacial score (nSPS) is 20.9. The fourth-order valence-electron chi connectivity index (χ4n) is 0.875. The molecular formula is C7H13F2NO3S. The average Bonchev–Trinajstić information content (AvgIpc) is 2.82. The van der Waals surface area contributed by atoms with Crippen LogP contribution in [0.5, 0.6) is 0 Å². The lowest BCUT2D eigenvalue weighted by molar-refractivity contribution is -0.0437. The van der Waals surface area contributed by atoms with Gasteiger partial charge in [0.05, 0.1) is 11.3 Å². The van der Waals surface area contributed by atoms with Crippen molar-refractivity contribution < 1.29 is 22.3 Å². The molecular weight excluding hydrogens is 216 g/mol. The molecule has 0 spiro atoms. The predicted octanol–water partition coefficient (Wildman–Crippen LogP) is 0.0859. The highest BCUT2D eigenvalue weighted by Gasteiger charge is 2.50. The van der Waals surface area contributed by atoms with Gasteiger partial charge in [-0.15, -0.1) is 0 Å². The molecule has 0 radical (unpaired) electrons. The number of sulfonamides is 1. The number of aliphatic hydroxyl groups excluding tert-OH is 1. The third-order valence-electron chi connectivity index (χ3n) is 2.36. The lowest BCUT2D eigenvalue weighted by Crippen LogP contribution is -2.43. The second-order valence-corrected chi connectivity index (χ2v) is 6.07. The number of hydrogen-bond acceptors (Lipinski definition) is 3. The predicted molar refractivity (Wildman–Crippen MR) is 46.6 cm³/mol. The van der Waals surface area contributed by atoms with Crippen LogP contribution in [0.15, 0.2) is 0 Å². The van der Waals surface area contributed by atoms with E-state index in [-0.39, 0.29) is 0 Å². The summed E-state index contributed by atoms with van der Waals surface area (Å²) in [6.45, 7) is -0.889. The van der Waals surface area contributed by atoms with Gasteiger partial charge in [-0.05, 0) is 19.8 Å². The third-order valence-corrected chi connectivity index (χ3v) is 4.59. The largest absolute Gasteiger partial charge is 0.390 e. The third kappa shape index (κ3) is 2.40. The van der Waals surface area contributed by atoms with Crippen molar-refractivity contribution in [1.82, 2.24) is 4.72 Å². The molecule has 84 valence electrons. The van der Waals surface area contributed by atoms with Crippen LogP contribution in [0.2, 0.25) is 0 Å². The second kappa shape index (κ2) is 3.39. The average molecular weight is 229 g/mol. The summed E-state index contributed by atoms with van der Waals surface area (Å²) < 4.78 is 48.7. The van der Waals surface area contributed by atoms with Crippen molar-refractivity contribution in [1.29, 1.82) is 0 Å². The SMILES string of the molecule is CC1(S(=O)(=O)NCC(F)(F)CO)CC1. The summed E-state index contributed by atoms with van der Waals surface area (Å²) in [5.74, 6) is -3.39. The molecule has 0 bridgehead atoms. The smallest absolute Gasteiger partial charge is 0.283 e. The molecule has 4 nitrogen and oxygen atoms in total. The van der Waals surface area contributed by atoms with Crippen LogP contribution >= 0.6 is 0 Å². The molecule has 0 aromatic rings. The van der Waals surface area contributed by atoms with Gasteiger partial charge in [0.15, 0.2) is 0 Å².